The predicted octanol–water partition coefficient (Wildman–Crippen LogP) is 4.97. The van der Waals surface area contributed by atoms with Crippen LogP contribution in [0.15, 0.2) is 64.9 Å². The van der Waals surface area contributed by atoms with Crippen LogP contribution in [-0.2, 0) is 5.75 Å². The summed E-state index contributed by atoms with van der Waals surface area (Å²) in [7, 11) is 0. The molecule has 0 atom stereocenters. The molecule has 0 spiro atoms. The minimum absolute atomic E-state index is 0.667. The van der Waals surface area contributed by atoms with Crippen LogP contribution in [0.5, 0.6) is 0 Å². The number of rotatable bonds is 4. The highest BCUT2D eigenvalue weighted by Gasteiger charge is 2.06. The number of nitrogens with zero attached hydrogens (tertiary/aromatic N) is 2. The maximum Gasteiger partial charge on any atom is 0.104 e. The van der Waals surface area contributed by atoms with E-state index in [1.807, 2.05) is 42.5 Å². The maximum absolute atomic E-state index is 8.95. The van der Waals surface area contributed by atoms with E-state index in [9.17, 15) is 0 Å². The number of benzene rings is 2. The zero-order valence-corrected chi connectivity index (χ0v) is 12.8. The summed E-state index contributed by atoms with van der Waals surface area (Å²) in [6.45, 7) is 0. The smallest absolute Gasteiger partial charge is 0.104 e. The number of nitriles is 1. The SMILES string of the molecule is N#Cc1cccc(-c2csc(CSc3ccccc3)n2)c1. The molecule has 1 heterocycles. The van der Waals surface area contributed by atoms with Gasteiger partial charge in [-0.1, -0.05) is 30.3 Å². The number of hydrogen-bond acceptors (Lipinski definition) is 4. The summed E-state index contributed by atoms with van der Waals surface area (Å²) in [6.07, 6.45) is 0. The molecule has 0 saturated carbocycles. The van der Waals surface area contributed by atoms with Crippen molar-refractivity contribution in [3.05, 3.63) is 70.5 Å². The van der Waals surface area contributed by atoms with Crippen molar-refractivity contribution in [3.63, 3.8) is 0 Å². The summed E-state index contributed by atoms with van der Waals surface area (Å²) in [5.41, 5.74) is 2.61. The molecule has 3 aromatic rings. The van der Waals surface area contributed by atoms with Gasteiger partial charge in [0.15, 0.2) is 0 Å². The molecule has 1 aromatic heterocycles. The highest BCUT2D eigenvalue weighted by atomic mass is 32.2. The third-order valence-corrected chi connectivity index (χ3v) is 5.00. The van der Waals surface area contributed by atoms with Crippen LogP contribution in [0, 0.1) is 11.3 Å². The fraction of sp³-hybridized carbons (Fsp3) is 0.0588. The normalized spacial score (nSPS) is 10.2. The molecular weight excluding hydrogens is 296 g/mol. The summed E-state index contributed by atoms with van der Waals surface area (Å²) >= 11 is 3.45. The highest BCUT2D eigenvalue weighted by molar-refractivity contribution is 7.98. The van der Waals surface area contributed by atoms with Crippen molar-refractivity contribution < 1.29 is 0 Å². The fourth-order valence-corrected chi connectivity index (χ4v) is 3.66. The Kier molecular flexibility index (Phi) is 4.34. The first-order valence-electron chi connectivity index (χ1n) is 6.48. The summed E-state index contributed by atoms with van der Waals surface area (Å²) in [5, 5.41) is 12.1. The molecule has 0 unspecified atom stereocenters. The van der Waals surface area contributed by atoms with Gasteiger partial charge in [-0.3, -0.25) is 0 Å². The first-order valence-corrected chi connectivity index (χ1v) is 8.34. The van der Waals surface area contributed by atoms with Crippen molar-refractivity contribution in [2.45, 2.75) is 10.6 Å². The molecule has 0 saturated heterocycles. The Labute approximate surface area is 132 Å². The number of thioether (sulfide) groups is 1. The van der Waals surface area contributed by atoms with Crippen molar-refractivity contribution in [2.75, 3.05) is 0 Å². The van der Waals surface area contributed by atoms with Gasteiger partial charge in [0.2, 0.25) is 0 Å². The van der Waals surface area contributed by atoms with Crippen LogP contribution in [0.4, 0.5) is 0 Å². The van der Waals surface area contributed by atoms with E-state index in [0.29, 0.717) is 5.56 Å². The van der Waals surface area contributed by atoms with Crippen molar-refractivity contribution in [3.8, 4) is 17.3 Å². The number of thiazole rings is 1. The summed E-state index contributed by atoms with van der Waals surface area (Å²) in [4.78, 5) is 5.91. The molecule has 102 valence electrons. The monoisotopic (exact) mass is 308 g/mol. The highest BCUT2D eigenvalue weighted by Crippen LogP contribution is 2.27. The zero-order chi connectivity index (χ0) is 14.5. The van der Waals surface area contributed by atoms with E-state index in [-0.39, 0.29) is 0 Å². The molecule has 2 nitrogen and oxygen atoms in total. The standard InChI is InChI=1S/C17H12N2S2/c18-10-13-5-4-6-14(9-13)16-11-21-17(19-16)12-20-15-7-2-1-3-8-15/h1-9,11H,12H2. The Balaban J connectivity index is 1.73. The van der Waals surface area contributed by atoms with Crippen LogP contribution in [0.25, 0.3) is 11.3 Å². The molecular formula is C17H12N2S2. The Morgan fingerprint density at radius 1 is 1.10 bits per heavy atom. The summed E-state index contributed by atoms with van der Waals surface area (Å²) in [6, 6.07) is 20.1. The van der Waals surface area contributed by atoms with Gasteiger partial charge >= 0.3 is 0 Å². The van der Waals surface area contributed by atoms with E-state index in [1.165, 1.54) is 4.90 Å². The Bertz CT molecular complexity index is 773. The summed E-state index contributed by atoms with van der Waals surface area (Å²) in [5.74, 6) is 0.868. The van der Waals surface area contributed by atoms with Crippen molar-refractivity contribution in [1.82, 2.24) is 4.98 Å². The Morgan fingerprint density at radius 3 is 2.76 bits per heavy atom. The molecule has 4 heteroatoms. The number of aromatic nitrogens is 1. The Morgan fingerprint density at radius 2 is 1.95 bits per heavy atom. The second-order valence-electron chi connectivity index (χ2n) is 4.42. The lowest BCUT2D eigenvalue weighted by Crippen LogP contribution is -1.82. The molecule has 3 rings (SSSR count). The number of hydrogen-bond donors (Lipinski definition) is 0. The fourth-order valence-electron chi connectivity index (χ4n) is 1.92. The quantitative estimate of drug-likeness (QED) is 0.638. The molecule has 2 aromatic carbocycles. The van der Waals surface area contributed by atoms with E-state index in [1.54, 1.807) is 23.1 Å². The van der Waals surface area contributed by atoms with Crippen LogP contribution in [0.3, 0.4) is 0 Å². The first-order chi connectivity index (χ1) is 10.3. The van der Waals surface area contributed by atoms with Crippen LogP contribution >= 0.6 is 23.1 Å². The van der Waals surface area contributed by atoms with Gasteiger partial charge in [-0.25, -0.2) is 4.98 Å². The van der Waals surface area contributed by atoms with Gasteiger partial charge in [0, 0.05) is 15.8 Å². The molecule has 0 amide bonds. The van der Waals surface area contributed by atoms with Gasteiger partial charge in [0.1, 0.15) is 5.01 Å². The molecule has 0 aliphatic rings. The van der Waals surface area contributed by atoms with Gasteiger partial charge in [0.05, 0.1) is 23.1 Å². The molecule has 0 fully saturated rings. The van der Waals surface area contributed by atoms with Crippen LogP contribution < -0.4 is 0 Å². The lowest BCUT2D eigenvalue weighted by atomic mass is 10.1. The lowest BCUT2D eigenvalue weighted by molar-refractivity contribution is 1.26. The topological polar surface area (TPSA) is 36.7 Å². The lowest BCUT2D eigenvalue weighted by Gasteiger charge is -1.98. The van der Waals surface area contributed by atoms with Crippen LogP contribution in [0.2, 0.25) is 0 Å². The van der Waals surface area contributed by atoms with E-state index < -0.39 is 0 Å². The second-order valence-corrected chi connectivity index (χ2v) is 6.41. The average molecular weight is 308 g/mol. The molecule has 0 bridgehead atoms. The molecule has 0 N–H and O–H groups in total. The average Bonchev–Trinajstić information content (AvgIpc) is 3.03. The minimum atomic E-state index is 0.667. The van der Waals surface area contributed by atoms with Crippen LogP contribution in [-0.4, -0.2) is 4.98 Å². The summed E-state index contributed by atoms with van der Waals surface area (Å²) < 4.78 is 0. The van der Waals surface area contributed by atoms with Gasteiger partial charge < -0.3 is 0 Å². The van der Waals surface area contributed by atoms with Gasteiger partial charge in [-0.15, -0.1) is 23.1 Å². The molecule has 0 aliphatic heterocycles. The molecule has 21 heavy (non-hydrogen) atoms. The van der Waals surface area contributed by atoms with Crippen molar-refractivity contribution in [2.24, 2.45) is 0 Å². The zero-order valence-electron chi connectivity index (χ0n) is 11.2. The third kappa shape index (κ3) is 3.52. The predicted molar refractivity (Wildman–Crippen MR) is 88.3 cm³/mol. The minimum Gasteiger partial charge on any atom is -0.240 e. The largest absolute Gasteiger partial charge is 0.240 e. The second kappa shape index (κ2) is 6.57. The molecule has 0 radical (unpaired) electrons. The third-order valence-electron chi connectivity index (χ3n) is 2.94. The van der Waals surface area contributed by atoms with E-state index in [0.717, 1.165) is 22.0 Å². The Hall–Kier alpha value is -2.09. The van der Waals surface area contributed by atoms with E-state index in [2.05, 4.69) is 28.6 Å². The maximum atomic E-state index is 8.95. The van der Waals surface area contributed by atoms with Gasteiger partial charge in [-0.05, 0) is 24.3 Å². The van der Waals surface area contributed by atoms with Gasteiger partial charge in [-0.2, -0.15) is 5.26 Å². The van der Waals surface area contributed by atoms with E-state index >= 15 is 0 Å². The van der Waals surface area contributed by atoms with Gasteiger partial charge in [0.25, 0.3) is 0 Å². The first kappa shape index (κ1) is 13.9. The van der Waals surface area contributed by atoms with E-state index in [4.69, 9.17) is 5.26 Å². The van der Waals surface area contributed by atoms with Crippen molar-refractivity contribution in [1.29, 1.82) is 5.26 Å². The molecule has 0 aliphatic carbocycles. The van der Waals surface area contributed by atoms with Crippen molar-refractivity contribution >= 4 is 23.1 Å². The van der Waals surface area contributed by atoms with Crippen LogP contribution in [0.1, 0.15) is 10.6 Å².